The molecule has 39 heavy (non-hydrogen) atoms. The first kappa shape index (κ1) is 30.2. The highest BCUT2D eigenvalue weighted by atomic mass is 35.5. The number of rotatable bonds is 12. The molecule has 3 aromatic rings. The Bertz CT molecular complexity index is 1380. The van der Waals surface area contributed by atoms with Crippen molar-refractivity contribution in [2.45, 2.75) is 58.0 Å². The highest BCUT2D eigenvalue weighted by Crippen LogP contribution is 2.29. The first-order valence-corrected chi connectivity index (χ1v) is 14.9. The summed E-state index contributed by atoms with van der Waals surface area (Å²) in [5.41, 5.74) is 2.85. The Hall–Kier alpha value is -3.36. The third-order valence-electron chi connectivity index (χ3n) is 6.66. The molecule has 0 aromatic heterocycles. The van der Waals surface area contributed by atoms with E-state index in [9.17, 15) is 18.0 Å². The van der Waals surface area contributed by atoms with Crippen molar-refractivity contribution < 1.29 is 18.0 Å². The molecule has 208 valence electrons. The van der Waals surface area contributed by atoms with Crippen molar-refractivity contribution in [1.82, 2.24) is 10.2 Å². The highest BCUT2D eigenvalue weighted by molar-refractivity contribution is 7.92. The van der Waals surface area contributed by atoms with Gasteiger partial charge in [-0.3, -0.25) is 13.9 Å². The molecule has 0 heterocycles. The quantitative estimate of drug-likeness (QED) is 0.313. The minimum Gasteiger partial charge on any atom is -0.354 e. The molecule has 1 atom stereocenters. The molecule has 0 unspecified atom stereocenters. The molecule has 0 saturated carbocycles. The van der Waals surface area contributed by atoms with E-state index in [4.69, 9.17) is 11.6 Å². The van der Waals surface area contributed by atoms with Crippen LogP contribution in [0.5, 0.6) is 0 Å². The van der Waals surface area contributed by atoms with E-state index in [0.717, 1.165) is 27.4 Å². The lowest BCUT2D eigenvalue weighted by molar-refractivity contribution is -0.140. The third kappa shape index (κ3) is 7.40. The van der Waals surface area contributed by atoms with Crippen molar-refractivity contribution in [1.29, 1.82) is 0 Å². The summed E-state index contributed by atoms with van der Waals surface area (Å²) >= 11 is 6.06. The van der Waals surface area contributed by atoms with Crippen LogP contribution in [-0.2, 0) is 26.2 Å². The number of hydrogen-bond donors (Lipinski definition) is 1. The number of hydrogen-bond acceptors (Lipinski definition) is 4. The fourth-order valence-corrected chi connectivity index (χ4v) is 5.93. The second kappa shape index (κ2) is 13.6. The molecule has 0 radical (unpaired) electrons. The number of benzene rings is 3. The van der Waals surface area contributed by atoms with Gasteiger partial charge in [-0.25, -0.2) is 8.42 Å². The predicted octanol–water partition coefficient (Wildman–Crippen LogP) is 5.49. The number of nitrogens with one attached hydrogen (secondary N) is 1. The summed E-state index contributed by atoms with van der Waals surface area (Å²) < 4.78 is 29.0. The van der Waals surface area contributed by atoms with Gasteiger partial charge in [0.25, 0.3) is 10.0 Å². The van der Waals surface area contributed by atoms with E-state index in [-0.39, 0.29) is 17.3 Å². The lowest BCUT2D eigenvalue weighted by Crippen LogP contribution is -2.52. The topological polar surface area (TPSA) is 86.8 Å². The molecule has 0 aliphatic rings. The van der Waals surface area contributed by atoms with E-state index in [0.29, 0.717) is 23.7 Å². The van der Waals surface area contributed by atoms with E-state index >= 15 is 0 Å². The van der Waals surface area contributed by atoms with E-state index in [2.05, 4.69) is 5.32 Å². The Labute approximate surface area is 236 Å². The molecule has 0 saturated heterocycles. The molecular formula is C30H36ClN3O4S. The van der Waals surface area contributed by atoms with Crippen LogP contribution in [0.2, 0.25) is 5.02 Å². The van der Waals surface area contributed by atoms with Crippen LogP contribution >= 0.6 is 11.6 Å². The van der Waals surface area contributed by atoms with Gasteiger partial charge in [-0.1, -0.05) is 67.9 Å². The van der Waals surface area contributed by atoms with Gasteiger partial charge in [-0.2, -0.15) is 0 Å². The first-order chi connectivity index (χ1) is 18.6. The van der Waals surface area contributed by atoms with E-state index in [1.165, 1.54) is 17.0 Å². The van der Waals surface area contributed by atoms with Gasteiger partial charge < -0.3 is 10.2 Å². The van der Waals surface area contributed by atoms with Crippen LogP contribution in [0.4, 0.5) is 5.69 Å². The summed E-state index contributed by atoms with van der Waals surface area (Å²) in [5.74, 6) is -0.755. The van der Waals surface area contributed by atoms with Crippen LogP contribution in [0.25, 0.3) is 0 Å². The second-order valence-corrected chi connectivity index (χ2v) is 11.7. The van der Waals surface area contributed by atoms with Crippen LogP contribution in [-0.4, -0.2) is 44.3 Å². The monoisotopic (exact) mass is 569 g/mol. The first-order valence-electron chi connectivity index (χ1n) is 13.1. The molecule has 0 fully saturated rings. The zero-order valence-corrected chi connectivity index (χ0v) is 24.4. The summed E-state index contributed by atoms with van der Waals surface area (Å²) in [5, 5.41) is 3.44. The van der Waals surface area contributed by atoms with Gasteiger partial charge in [0.15, 0.2) is 0 Å². The van der Waals surface area contributed by atoms with Crippen molar-refractivity contribution in [3.05, 3.63) is 94.5 Å². The van der Waals surface area contributed by atoms with Gasteiger partial charge in [0.2, 0.25) is 11.8 Å². The Morgan fingerprint density at radius 2 is 1.59 bits per heavy atom. The second-order valence-electron chi connectivity index (χ2n) is 9.41. The van der Waals surface area contributed by atoms with E-state index in [1.807, 2.05) is 33.8 Å². The maximum Gasteiger partial charge on any atom is 0.264 e. The lowest BCUT2D eigenvalue weighted by Gasteiger charge is -2.33. The van der Waals surface area contributed by atoms with Crippen molar-refractivity contribution in [2.24, 2.45) is 0 Å². The molecule has 9 heteroatoms. The van der Waals surface area contributed by atoms with Gasteiger partial charge in [-0.15, -0.1) is 0 Å². The summed E-state index contributed by atoms with van der Waals surface area (Å²) in [6.45, 7) is 7.66. The van der Waals surface area contributed by atoms with E-state index < -0.39 is 28.5 Å². The fraction of sp³-hybridized carbons (Fsp3) is 0.333. The normalized spacial score (nSPS) is 12.0. The summed E-state index contributed by atoms with van der Waals surface area (Å²) in [6.07, 6.45) is 1.12. The standard InChI is InChI=1S/C30H36ClN3O4S/c1-5-19-32-30(36)27(6-2)33(20-24-15-17-25(31)18-16-24)29(35)21-34(28-14-10-11-22(3)23(28)4)39(37,38)26-12-8-7-9-13-26/h7-18,27H,5-6,19-21H2,1-4H3,(H,32,36)/t27-/m1/s1. The smallest absolute Gasteiger partial charge is 0.264 e. The number of anilines is 1. The van der Waals surface area contributed by atoms with Gasteiger partial charge in [0, 0.05) is 18.1 Å². The molecule has 3 aromatic carbocycles. The maximum atomic E-state index is 14.1. The third-order valence-corrected chi connectivity index (χ3v) is 8.68. The van der Waals surface area contributed by atoms with Crippen molar-refractivity contribution in [3.8, 4) is 0 Å². The number of carbonyl (C=O) groups excluding carboxylic acids is 2. The number of halogens is 1. The van der Waals surface area contributed by atoms with Gasteiger partial charge in [0.05, 0.1) is 10.6 Å². The summed E-state index contributed by atoms with van der Waals surface area (Å²) in [6, 6.07) is 19.7. The maximum absolute atomic E-state index is 14.1. The Morgan fingerprint density at radius 1 is 0.923 bits per heavy atom. The molecule has 0 bridgehead atoms. The van der Waals surface area contributed by atoms with Crippen LogP contribution in [0.1, 0.15) is 43.4 Å². The summed E-state index contributed by atoms with van der Waals surface area (Å²) in [7, 11) is -4.10. The average Bonchev–Trinajstić information content (AvgIpc) is 2.93. The number of aryl methyl sites for hydroxylation is 1. The van der Waals surface area contributed by atoms with Crippen LogP contribution in [0.15, 0.2) is 77.7 Å². The SMILES string of the molecule is CCCNC(=O)[C@@H](CC)N(Cc1ccc(Cl)cc1)C(=O)CN(c1cccc(C)c1C)S(=O)(=O)c1ccccc1. The van der Waals surface area contributed by atoms with Gasteiger partial charge >= 0.3 is 0 Å². The largest absolute Gasteiger partial charge is 0.354 e. The fourth-order valence-electron chi connectivity index (χ4n) is 4.31. The Kier molecular flexibility index (Phi) is 10.5. The minimum atomic E-state index is -4.10. The zero-order chi connectivity index (χ0) is 28.6. The van der Waals surface area contributed by atoms with E-state index in [1.54, 1.807) is 54.6 Å². The number of sulfonamides is 1. The average molecular weight is 570 g/mol. The number of nitrogens with zero attached hydrogens (tertiary/aromatic N) is 2. The van der Waals surface area contributed by atoms with Crippen molar-refractivity contribution in [3.63, 3.8) is 0 Å². The number of carbonyl (C=O) groups is 2. The number of amides is 2. The molecule has 7 nitrogen and oxygen atoms in total. The van der Waals surface area contributed by atoms with Gasteiger partial charge in [0.1, 0.15) is 12.6 Å². The molecule has 1 N–H and O–H groups in total. The molecule has 2 amide bonds. The minimum absolute atomic E-state index is 0.0793. The highest BCUT2D eigenvalue weighted by Gasteiger charge is 2.34. The molecule has 0 aliphatic heterocycles. The van der Waals surface area contributed by atoms with Crippen molar-refractivity contribution in [2.75, 3.05) is 17.4 Å². The molecular weight excluding hydrogens is 534 g/mol. The lowest BCUT2D eigenvalue weighted by atomic mass is 10.1. The van der Waals surface area contributed by atoms with Crippen LogP contribution in [0, 0.1) is 13.8 Å². The van der Waals surface area contributed by atoms with Gasteiger partial charge in [-0.05, 0) is 73.7 Å². The molecule has 3 rings (SSSR count). The zero-order valence-electron chi connectivity index (χ0n) is 22.9. The Morgan fingerprint density at radius 3 is 2.21 bits per heavy atom. The molecule has 0 aliphatic carbocycles. The summed E-state index contributed by atoms with van der Waals surface area (Å²) in [4.78, 5) is 28.7. The molecule has 0 spiro atoms. The Balaban J connectivity index is 2.08. The van der Waals surface area contributed by atoms with Crippen LogP contribution < -0.4 is 9.62 Å². The van der Waals surface area contributed by atoms with Crippen LogP contribution in [0.3, 0.4) is 0 Å². The van der Waals surface area contributed by atoms with Crippen molar-refractivity contribution >= 4 is 39.1 Å². The predicted molar refractivity (Wildman–Crippen MR) is 156 cm³/mol.